The Morgan fingerprint density at radius 3 is 2.60 bits per heavy atom. The van der Waals surface area contributed by atoms with Crippen LogP contribution in [0.15, 0.2) is 12.1 Å². The molecule has 82 valence electrons. The molecular formula is C13H18O2. The predicted molar refractivity (Wildman–Crippen MR) is 63.5 cm³/mol. The Morgan fingerprint density at radius 2 is 2.13 bits per heavy atom. The van der Waals surface area contributed by atoms with Gasteiger partial charge in [0.05, 0.1) is 7.11 Å². The summed E-state index contributed by atoms with van der Waals surface area (Å²) in [4.78, 5) is 0. The quantitative estimate of drug-likeness (QED) is 0.822. The number of benzene rings is 1. The zero-order valence-electron chi connectivity index (χ0n) is 9.79. The van der Waals surface area contributed by atoms with Crippen LogP contribution in [0.4, 0.5) is 0 Å². The van der Waals surface area contributed by atoms with Crippen molar-refractivity contribution in [3.05, 3.63) is 28.8 Å². The zero-order valence-corrected chi connectivity index (χ0v) is 9.79. The van der Waals surface area contributed by atoms with Crippen LogP contribution in [0.5, 0.6) is 11.5 Å². The van der Waals surface area contributed by atoms with Crippen LogP contribution < -0.4 is 4.74 Å². The summed E-state index contributed by atoms with van der Waals surface area (Å²) in [5, 5.41) is 9.91. The van der Waals surface area contributed by atoms with Gasteiger partial charge in [-0.05, 0) is 37.5 Å². The van der Waals surface area contributed by atoms with E-state index in [9.17, 15) is 5.11 Å². The van der Waals surface area contributed by atoms with Crippen molar-refractivity contribution in [1.29, 1.82) is 0 Å². The van der Waals surface area contributed by atoms with Crippen molar-refractivity contribution in [2.75, 3.05) is 7.11 Å². The fraction of sp³-hybridized carbons (Fsp3) is 0.385. The standard InChI is InChI=1S/C13H18O2/c1-5-7-10-8-12(15-4)13(14)11(6-2)9(10)3/h5,7-8,14H,6H2,1-4H3. The average molecular weight is 206 g/mol. The number of phenolic OH excluding ortho intramolecular Hbond substituents is 1. The highest BCUT2D eigenvalue weighted by Crippen LogP contribution is 2.35. The Bertz CT molecular complexity index is 379. The highest BCUT2D eigenvalue weighted by atomic mass is 16.5. The molecule has 15 heavy (non-hydrogen) atoms. The van der Waals surface area contributed by atoms with Crippen LogP contribution >= 0.6 is 0 Å². The van der Waals surface area contributed by atoms with Gasteiger partial charge in [0, 0.05) is 5.56 Å². The lowest BCUT2D eigenvalue weighted by Gasteiger charge is -2.13. The fourth-order valence-corrected chi connectivity index (χ4v) is 1.76. The van der Waals surface area contributed by atoms with Crippen molar-refractivity contribution >= 4 is 6.08 Å². The van der Waals surface area contributed by atoms with Gasteiger partial charge >= 0.3 is 0 Å². The van der Waals surface area contributed by atoms with Crippen LogP contribution in [0.25, 0.3) is 6.08 Å². The van der Waals surface area contributed by atoms with Gasteiger partial charge < -0.3 is 9.84 Å². The molecule has 0 unspecified atom stereocenters. The van der Waals surface area contributed by atoms with E-state index >= 15 is 0 Å². The number of allylic oxidation sites excluding steroid dienone is 1. The largest absolute Gasteiger partial charge is 0.504 e. The van der Waals surface area contributed by atoms with Gasteiger partial charge in [-0.1, -0.05) is 19.1 Å². The molecule has 0 atom stereocenters. The lowest BCUT2D eigenvalue weighted by Crippen LogP contribution is -1.95. The van der Waals surface area contributed by atoms with Crippen molar-refractivity contribution < 1.29 is 9.84 Å². The number of hydrogen-bond acceptors (Lipinski definition) is 2. The molecule has 1 N–H and O–H groups in total. The summed E-state index contributed by atoms with van der Waals surface area (Å²) < 4.78 is 5.15. The summed E-state index contributed by atoms with van der Waals surface area (Å²) in [7, 11) is 1.57. The van der Waals surface area contributed by atoms with Gasteiger partial charge in [-0.15, -0.1) is 0 Å². The van der Waals surface area contributed by atoms with Gasteiger partial charge in [0.25, 0.3) is 0 Å². The van der Waals surface area contributed by atoms with E-state index in [2.05, 4.69) is 0 Å². The van der Waals surface area contributed by atoms with Crippen molar-refractivity contribution in [3.63, 3.8) is 0 Å². The number of rotatable bonds is 3. The van der Waals surface area contributed by atoms with Crippen molar-refractivity contribution in [1.82, 2.24) is 0 Å². The molecule has 0 spiro atoms. The second-order valence-electron chi connectivity index (χ2n) is 3.47. The summed E-state index contributed by atoms with van der Waals surface area (Å²) in [5.41, 5.74) is 3.18. The molecule has 0 aliphatic heterocycles. The van der Waals surface area contributed by atoms with E-state index in [0.29, 0.717) is 5.75 Å². The van der Waals surface area contributed by atoms with Crippen LogP contribution in [0.1, 0.15) is 30.5 Å². The second-order valence-corrected chi connectivity index (χ2v) is 3.47. The third-order valence-electron chi connectivity index (χ3n) is 2.61. The second kappa shape index (κ2) is 4.87. The third-order valence-corrected chi connectivity index (χ3v) is 2.61. The first-order valence-corrected chi connectivity index (χ1v) is 5.17. The van der Waals surface area contributed by atoms with E-state index in [-0.39, 0.29) is 5.75 Å². The third kappa shape index (κ3) is 2.14. The minimum absolute atomic E-state index is 0.269. The number of hydrogen-bond donors (Lipinski definition) is 1. The minimum Gasteiger partial charge on any atom is -0.504 e. The van der Waals surface area contributed by atoms with Crippen LogP contribution in [0, 0.1) is 6.92 Å². The lowest BCUT2D eigenvalue weighted by atomic mass is 9.98. The fourth-order valence-electron chi connectivity index (χ4n) is 1.76. The molecule has 0 saturated carbocycles. The topological polar surface area (TPSA) is 29.5 Å². The van der Waals surface area contributed by atoms with Gasteiger partial charge in [0.2, 0.25) is 0 Å². The van der Waals surface area contributed by atoms with E-state index in [1.807, 2.05) is 39.0 Å². The summed E-state index contributed by atoms with van der Waals surface area (Å²) in [6, 6.07) is 1.86. The van der Waals surface area contributed by atoms with Gasteiger partial charge in [-0.3, -0.25) is 0 Å². The maximum absolute atomic E-state index is 9.91. The smallest absolute Gasteiger partial charge is 0.161 e. The summed E-state index contributed by atoms with van der Waals surface area (Å²) in [5.74, 6) is 0.816. The molecule has 2 nitrogen and oxygen atoms in total. The first-order chi connectivity index (χ1) is 7.15. The molecule has 2 heteroatoms. The molecule has 0 saturated heterocycles. The average Bonchev–Trinajstić information content (AvgIpc) is 2.23. The molecule has 0 aliphatic rings. The van der Waals surface area contributed by atoms with Crippen LogP contribution in [-0.2, 0) is 6.42 Å². The Balaban J connectivity index is 3.43. The van der Waals surface area contributed by atoms with E-state index in [0.717, 1.165) is 23.1 Å². The maximum atomic E-state index is 9.91. The van der Waals surface area contributed by atoms with Gasteiger partial charge in [0.1, 0.15) is 0 Å². The Hall–Kier alpha value is -1.44. The van der Waals surface area contributed by atoms with E-state index in [1.54, 1.807) is 7.11 Å². The molecule has 0 aromatic heterocycles. The highest BCUT2D eigenvalue weighted by Gasteiger charge is 2.12. The number of ether oxygens (including phenoxy) is 1. The summed E-state index contributed by atoms with van der Waals surface area (Å²) in [6.45, 7) is 6.03. The molecule has 0 radical (unpaired) electrons. The Morgan fingerprint density at radius 1 is 1.47 bits per heavy atom. The molecular weight excluding hydrogens is 188 g/mol. The Kier molecular flexibility index (Phi) is 3.78. The normalized spacial score (nSPS) is 10.9. The van der Waals surface area contributed by atoms with Crippen LogP contribution in [-0.4, -0.2) is 12.2 Å². The van der Waals surface area contributed by atoms with Crippen molar-refractivity contribution in [2.24, 2.45) is 0 Å². The van der Waals surface area contributed by atoms with E-state index < -0.39 is 0 Å². The molecule has 0 fully saturated rings. The first kappa shape index (κ1) is 11.6. The van der Waals surface area contributed by atoms with E-state index in [4.69, 9.17) is 4.74 Å². The van der Waals surface area contributed by atoms with Gasteiger partial charge in [0.15, 0.2) is 11.5 Å². The molecule has 1 aromatic rings. The highest BCUT2D eigenvalue weighted by molar-refractivity contribution is 5.63. The molecule has 0 amide bonds. The lowest BCUT2D eigenvalue weighted by molar-refractivity contribution is 0.370. The predicted octanol–water partition coefficient (Wildman–Crippen LogP) is 3.30. The molecule has 1 rings (SSSR count). The molecule has 0 bridgehead atoms. The van der Waals surface area contributed by atoms with E-state index in [1.165, 1.54) is 0 Å². The SMILES string of the molecule is CC=Cc1cc(OC)c(O)c(CC)c1C. The number of aromatic hydroxyl groups is 1. The summed E-state index contributed by atoms with van der Waals surface area (Å²) >= 11 is 0. The van der Waals surface area contributed by atoms with Gasteiger partial charge in [-0.25, -0.2) is 0 Å². The van der Waals surface area contributed by atoms with Crippen LogP contribution in [0.2, 0.25) is 0 Å². The maximum Gasteiger partial charge on any atom is 0.161 e. The van der Waals surface area contributed by atoms with Crippen LogP contribution in [0.3, 0.4) is 0 Å². The van der Waals surface area contributed by atoms with Crippen molar-refractivity contribution in [3.8, 4) is 11.5 Å². The Labute approximate surface area is 91.2 Å². The number of phenols is 1. The molecule has 0 aliphatic carbocycles. The minimum atomic E-state index is 0.269. The number of methoxy groups -OCH3 is 1. The molecule has 0 heterocycles. The first-order valence-electron chi connectivity index (χ1n) is 5.17. The molecule has 1 aromatic carbocycles. The monoisotopic (exact) mass is 206 g/mol. The van der Waals surface area contributed by atoms with Crippen molar-refractivity contribution in [2.45, 2.75) is 27.2 Å². The van der Waals surface area contributed by atoms with Gasteiger partial charge in [-0.2, -0.15) is 0 Å². The zero-order chi connectivity index (χ0) is 11.4. The summed E-state index contributed by atoms with van der Waals surface area (Å²) in [6.07, 6.45) is 4.81.